The van der Waals surface area contributed by atoms with Gasteiger partial charge in [0.05, 0.1) is 6.54 Å². The molecule has 2 N–H and O–H groups in total. The fourth-order valence-electron chi connectivity index (χ4n) is 3.44. The molecule has 140 valence electrons. The quantitative estimate of drug-likeness (QED) is 0.683. The van der Waals surface area contributed by atoms with Crippen LogP contribution in [-0.2, 0) is 16.9 Å². The van der Waals surface area contributed by atoms with Gasteiger partial charge in [-0.2, -0.15) is 0 Å². The molecule has 28 heavy (non-hydrogen) atoms. The molecule has 1 atom stereocenters. The minimum atomic E-state index is -1.38. The van der Waals surface area contributed by atoms with Crippen molar-refractivity contribution in [1.82, 2.24) is 20.2 Å². The van der Waals surface area contributed by atoms with Crippen molar-refractivity contribution in [3.63, 3.8) is 0 Å². The predicted molar refractivity (Wildman–Crippen MR) is 103 cm³/mol. The number of amides is 3. The normalized spacial score (nSPS) is 18.6. The molecule has 7 nitrogen and oxygen atoms in total. The third-order valence-electron chi connectivity index (χ3n) is 4.93. The highest BCUT2D eigenvalue weighted by Gasteiger charge is 2.48. The van der Waals surface area contributed by atoms with E-state index in [1.807, 2.05) is 30.3 Å². The maximum Gasteiger partial charge on any atom is 0.322 e. The van der Waals surface area contributed by atoms with Crippen LogP contribution < -0.4 is 16.2 Å². The number of aryl methyl sites for hydroxylation is 1. The van der Waals surface area contributed by atoms with Crippen molar-refractivity contribution in [3.8, 4) is 11.1 Å². The maximum atomic E-state index is 12.8. The summed E-state index contributed by atoms with van der Waals surface area (Å²) in [6.07, 6.45) is 4.99. The first-order valence-electron chi connectivity index (χ1n) is 8.80. The molecule has 3 heterocycles. The average Bonchev–Trinajstić information content (AvgIpc) is 3.00. The van der Waals surface area contributed by atoms with Crippen LogP contribution in [0.5, 0.6) is 0 Å². The van der Waals surface area contributed by atoms with E-state index in [4.69, 9.17) is 0 Å². The van der Waals surface area contributed by atoms with Gasteiger partial charge in [-0.25, -0.2) is 4.79 Å². The Morgan fingerprint density at radius 2 is 1.79 bits per heavy atom. The largest absolute Gasteiger partial charge is 0.322 e. The van der Waals surface area contributed by atoms with Gasteiger partial charge in [-0.1, -0.05) is 24.3 Å². The average molecular weight is 374 g/mol. The number of pyridine rings is 2. The van der Waals surface area contributed by atoms with E-state index >= 15 is 0 Å². The number of urea groups is 1. The second-order valence-corrected chi connectivity index (χ2v) is 6.75. The number of nitrogens with zero attached hydrogens (tertiary/aromatic N) is 2. The minimum Gasteiger partial charge on any atom is -0.318 e. The third-order valence-corrected chi connectivity index (χ3v) is 4.93. The molecule has 0 saturated carbocycles. The summed E-state index contributed by atoms with van der Waals surface area (Å²) in [5.41, 5.74) is 1.39. The van der Waals surface area contributed by atoms with Crippen molar-refractivity contribution in [2.45, 2.75) is 19.0 Å². The summed E-state index contributed by atoms with van der Waals surface area (Å²) in [4.78, 5) is 41.4. The van der Waals surface area contributed by atoms with Crippen molar-refractivity contribution >= 4 is 11.9 Å². The molecule has 0 bridgehead atoms. The van der Waals surface area contributed by atoms with Crippen LogP contribution in [-0.4, -0.2) is 21.5 Å². The van der Waals surface area contributed by atoms with Crippen LogP contribution in [0.15, 0.2) is 71.9 Å². The van der Waals surface area contributed by atoms with Crippen molar-refractivity contribution in [3.05, 3.63) is 88.6 Å². The van der Waals surface area contributed by atoms with Crippen LogP contribution >= 0.6 is 0 Å². The van der Waals surface area contributed by atoms with Gasteiger partial charge in [0.1, 0.15) is 0 Å². The monoisotopic (exact) mass is 374 g/mol. The van der Waals surface area contributed by atoms with Gasteiger partial charge in [0.25, 0.3) is 11.5 Å². The van der Waals surface area contributed by atoms with E-state index in [2.05, 4.69) is 15.6 Å². The molecule has 0 aliphatic carbocycles. The summed E-state index contributed by atoms with van der Waals surface area (Å²) in [6.45, 7) is 1.70. The lowest BCUT2D eigenvalue weighted by Crippen LogP contribution is -2.49. The van der Waals surface area contributed by atoms with E-state index in [0.717, 1.165) is 11.1 Å². The van der Waals surface area contributed by atoms with Crippen LogP contribution in [0.25, 0.3) is 11.1 Å². The molecule has 2 aromatic heterocycles. The summed E-state index contributed by atoms with van der Waals surface area (Å²) < 4.78 is 1.44. The van der Waals surface area contributed by atoms with Crippen LogP contribution in [0, 0.1) is 6.92 Å². The fourth-order valence-corrected chi connectivity index (χ4v) is 3.44. The number of rotatable bonds is 4. The lowest BCUT2D eigenvalue weighted by molar-refractivity contribution is -0.124. The highest BCUT2D eigenvalue weighted by Crippen LogP contribution is 2.30. The molecule has 7 heteroatoms. The van der Waals surface area contributed by atoms with E-state index in [9.17, 15) is 14.4 Å². The molecule has 1 unspecified atom stereocenters. The van der Waals surface area contributed by atoms with E-state index < -0.39 is 17.5 Å². The van der Waals surface area contributed by atoms with Gasteiger partial charge in [0.15, 0.2) is 5.54 Å². The van der Waals surface area contributed by atoms with Crippen molar-refractivity contribution in [1.29, 1.82) is 0 Å². The summed E-state index contributed by atoms with van der Waals surface area (Å²) in [7, 11) is 0. The predicted octanol–water partition coefficient (Wildman–Crippen LogP) is 1.95. The maximum absolute atomic E-state index is 12.8. The van der Waals surface area contributed by atoms with Crippen molar-refractivity contribution in [2.24, 2.45) is 0 Å². The molecule has 1 aliphatic heterocycles. The summed E-state index contributed by atoms with van der Waals surface area (Å²) in [5, 5.41) is 5.04. The van der Waals surface area contributed by atoms with Crippen LogP contribution in [0.1, 0.15) is 11.1 Å². The Balaban J connectivity index is 1.84. The highest BCUT2D eigenvalue weighted by atomic mass is 16.2. The first-order chi connectivity index (χ1) is 13.5. The second-order valence-electron chi connectivity index (χ2n) is 6.75. The Kier molecular flexibility index (Phi) is 4.27. The summed E-state index contributed by atoms with van der Waals surface area (Å²) >= 11 is 0. The first-order valence-corrected chi connectivity index (χ1v) is 8.80. The van der Waals surface area contributed by atoms with Crippen LogP contribution in [0.4, 0.5) is 4.79 Å². The molecule has 1 saturated heterocycles. The Morgan fingerprint density at radius 1 is 1.00 bits per heavy atom. The lowest BCUT2D eigenvalue weighted by Gasteiger charge is -2.28. The molecule has 1 aromatic carbocycles. The first kappa shape index (κ1) is 17.7. The second kappa shape index (κ2) is 6.77. The zero-order valence-corrected chi connectivity index (χ0v) is 15.2. The van der Waals surface area contributed by atoms with Crippen LogP contribution in [0.2, 0.25) is 0 Å². The van der Waals surface area contributed by atoms with Gasteiger partial charge < -0.3 is 9.88 Å². The lowest BCUT2D eigenvalue weighted by atomic mass is 9.87. The molecule has 0 radical (unpaired) electrons. The summed E-state index contributed by atoms with van der Waals surface area (Å²) in [6, 6.07) is 14.0. The standard InChI is InChI=1S/C21H18N4O3/c1-14-4-3-11-25(18(14)26)13-21(19(27)23-20(28)24-21)17-6-2-5-16(12-17)15-7-9-22-10-8-15/h2-12H,13H2,1H3,(H2,23,24,27,28). The Morgan fingerprint density at radius 3 is 2.50 bits per heavy atom. The Bertz CT molecular complexity index is 1120. The number of hydrogen-bond donors (Lipinski definition) is 2. The molecule has 3 amide bonds. The number of imide groups is 1. The number of benzene rings is 1. The van der Waals surface area contributed by atoms with Gasteiger partial charge in [-0.3, -0.25) is 19.9 Å². The zero-order chi connectivity index (χ0) is 19.7. The van der Waals surface area contributed by atoms with E-state index in [1.54, 1.807) is 43.7 Å². The fraction of sp³-hybridized carbons (Fsp3) is 0.143. The van der Waals surface area contributed by atoms with E-state index in [0.29, 0.717) is 11.1 Å². The molecular weight excluding hydrogens is 356 g/mol. The van der Waals surface area contributed by atoms with Crippen molar-refractivity contribution in [2.75, 3.05) is 0 Å². The third kappa shape index (κ3) is 2.96. The number of carbonyl (C=O) groups is 2. The molecule has 1 aliphatic rings. The Hall–Kier alpha value is -3.74. The van der Waals surface area contributed by atoms with Crippen LogP contribution in [0.3, 0.4) is 0 Å². The van der Waals surface area contributed by atoms with Gasteiger partial charge in [-0.05, 0) is 47.9 Å². The number of aromatic nitrogens is 2. The molecule has 1 fully saturated rings. The van der Waals surface area contributed by atoms with E-state index in [-0.39, 0.29) is 12.1 Å². The van der Waals surface area contributed by atoms with E-state index in [1.165, 1.54) is 4.57 Å². The number of carbonyl (C=O) groups excluding carboxylic acids is 2. The SMILES string of the molecule is Cc1cccn(CC2(c3cccc(-c4ccncc4)c3)NC(=O)NC2=O)c1=O. The van der Waals surface area contributed by atoms with Crippen molar-refractivity contribution < 1.29 is 9.59 Å². The smallest absolute Gasteiger partial charge is 0.318 e. The highest BCUT2D eigenvalue weighted by molar-refractivity contribution is 6.07. The molecule has 4 rings (SSSR count). The molecule has 0 spiro atoms. The number of nitrogens with one attached hydrogen (secondary N) is 2. The van der Waals surface area contributed by atoms with Gasteiger partial charge in [0, 0.05) is 24.2 Å². The number of hydrogen-bond acceptors (Lipinski definition) is 4. The zero-order valence-electron chi connectivity index (χ0n) is 15.2. The van der Waals surface area contributed by atoms with Gasteiger partial charge >= 0.3 is 6.03 Å². The molecular formula is C21H18N4O3. The topological polar surface area (TPSA) is 93.1 Å². The summed E-state index contributed by atoms with van der Waals surface area (Å²) in [5.74, 6) is -0.488. The molecule has 3 aromatic rings. The Labute approximate surface area is 161 Å². The van der Waals surface area contributed by atoms with Gasteiger partial charge in [0.2, 0.25) is 0 Å². The van der Waals surface area contributed by atoms with Gasteiger partial charge in [-0.15, -0.1) is 0 Å². The minimum absolute atomic E-state index is 0.00904.